The van der Waals surface area contributed by atoms with Crippen LogP contribution in [0.25, 0.3) is 0 Å². The molecule has 0 radical (unpaired) electrons. The fourth-order valence-electron chi connectivity index (χ4n) is 1.35. The highest BCUT2D eigenvalue weighted by molar-refractivity contribution is 6.05. The minimum Gasteiger partial charge on any atom is -0.420 e. The molecule has 1 aliphatic heterocycles. The normalized spacial score (nSPS) is 23.6. The van der Waals surface area contributed by atoms with Crippen LogP contribution in [-0.4, -0.2) is 28.6 Å². The zero-order valence-electron chi connectivity index (χ0n) is 9.07. The molecule has 86 valence electrons. The maximum Gasteiger partial charge on any atom is 0.357 e. The monoisotopic (exact) mass is 218 g/mol. The molecule has 0 aliphatic carbocycles. The largest absolute Gasteiger partial charge is 0.420 e. The first-order valence-corrected chi connectivity index (χ1v) is 4.55. The van der Waals surface area contributed by atoms with Crippen molar-refractivity contribution >= 4 is 11.9 Å². The zero-order chi connectivity index (χ0) is 11.9. The van der Waals surface area contributed by atoms with E-state index >= 15 is 0 Å². The second-order valence-electron chi connectivity index (χ2n) is 4.16. The molecule has 0 unspecified atom stereocenters. The van der Waals surface area contributed by atoms with E-state index in [1.54, 1.807) is 0 Å². The van der Waals surface area contributed by atoms with Crippen LogP contribution in [0, 0.1) is 5.92 Å². The topological polar surface area (TPSA) is 82.1 Å². The number of hydrogen-bond donors (Lipinski definition) is 1. The fraction of sp³-hybridized carbons (Fsp3) is 0.778. The van der Waals surface area contributed by atoms with E-state index in [1.807, 2.05) is 0 Å². The smallest absolute Gasteiger partial charge is 0.357 e. The fourth-order valence-corrected chi connectivity index (χ4v) is 1.35. The Labute approximate surface area is 87.0 Å². The molecule has 1 fully saturated rings. The van der Waals surface area contributed by atoms with E-state index in [4.69, 9.17) is 14.7 Å². The summed E-state index contributed by atoms with van der Waals surface area (Å²) in [6, 6.07) is 0. The maximum absolute atomic E-state index is 11.6. The van der Waals surface area contributed by atoms with Gasteiger partial charge in [0.05, 0.1) is 0 Å². The Morgan fingerprint density at radius 1 is 1.20 bits per heavy atom. The van der Waals surface area contributed by atoms with Gasteiger partial charge in [0.15, 0.2) is 0 Å². The van der Waals surface area contributed by atoms with Crippen LogP contribution < -0.4 is 0 Å². The van der Waals surface area contributed by atoms with E-state index in [0.717, 1.165) is 0 Å². The van der Waals surface area contributed by atoms with E-state index in [0.29, 0.717) is 0 Å². The lowest BCUT2D eigenvalue weighted by Crippen LogP contribution is -2.62. The molecule has 1 N–H and O–H groups in total. The third kappa shape index (κ3) is 1.70. The van der Waals surface area contributed by atoms with Crippen LogP contribution in [0.3, 0.4) is 0 Å². The number of hydrogen-bond acceptors (Lipinski definition) is 6. The number of carbonyl (C=O) groups is 2. The van der Waals surface area contributed by atoms with Gasteiger partial charge in [-0.15, -0.1) is 0 Å². The molecule has 0 atom stereocenters. The SMILES string of the molecule is CC(C)C1(OO)C(=O)OC(C)(C)OC1=O. The van der Waals surface area contributed by atoms with Gasteiger partial charge in [0.25, 0.3) is 11.4 Å². The lowest BCUT2D eigenvalue weighted by molar-refractivity contribution is -0.349. The Balaban J connectivity index is 3.11. The number of carbonyl (C=O) groups excluding carboxylic acids is 2. The summed E-state index contributed by atoms with van der Waals surface area (Å²) in [6.45, 7) is 5.92. The van der Waals surface area contributed by atoms with Crippen LogP contribution >= 0.6 is 0 Å². The van der Waals surface area contributed by atoms with Crippen LogP contribution in [0.2, 0.25) is 0 Å². The second kappa shape index (κ2) is 3.46. The Morgan fingerprint density at radius 3 is 1.87 bits per heavy atom. The van der Waals surface area contributed by atoms with Crippen molar-refractivity contribution in [1.82, 2.24) is 0 Å². The Morgan fingerprint density at radius 2 is 1.60 bits per heavy atom. The second-order valence-corrected chi connectivity index (χ2v) is 4.16. The van der Waals surface area contributed by atoms with Gasteiger partial charge in [-0.25, -0.2) is 14.5 Å². The van der Waals surface area contributed by atoms with Gasteiger partial charge < -0.3 is 9.47 Å². The van der Waals surface area contributed by atoms with Crippen molar-refractivity contribution in [2.24, 2.45) is 5.92 Å². The van der Waals surface area contributed by atoms with E-state index in [-0.39, 0.29) is 0 Å². The predicted molar refractivity (Wildman–Crippen MR) is 47.5 cm³/mol. The van der Waals surface area contributed by atoms with Crippen molar-refractivity contribution in [3.63, 3.8) is 0 Å². The summed E-state index contributed by atoms with van der Waals surface area (Å²) in [4.78, 5) is 27.2. The molecule has 15 heavy (non-hydrogen) atoms. The van der Waals surface area contributed by atoms with Gasteiger partial charge in [0, 0.05) is 19.8 Å². The molecule has 1 rings (SSSR count). The molecule has 1 aliphatic rings. The number of cyclic esters (lactones) is 2. The first-order chi connectivity index (χ1) is 6.76. The highest BCUT2D eigenvalue weighted by Crippen LogP contribution is 2.33. The van der Waals surface area contributed by atoms with Crippen LogP contribution in [0.1, 0.15) is 27.7 Å². The van der Waals surface area contributed by atoms with Crippen LogP contribution in [0.4, 0.5) is 0 Å². The molecule has 1 saturated heterocycles. The number of esters is 2. The quantitative estimate of drug-likeness (QED) is 0.318. The van der Waals surface area contributed by atoms with Crippen molar-refractivity contribution in [3.8, 4) is 0 Å². The van der Waals surface area contributed by atoms with E-state index in [2.05, 4.69) is 4.89 Å². The molecule has 0 amide bonds. The lowest BCUT2D eigenvalue weighted by atomic mass is 9.89. The van der Waals surface area contributed by atoms with Crippen molar-refractivity contribution in [2.75, 3.05) is 0 Å². The number of rotatable bonds is 2. The van der Waals surface area contributed by atoms with Gasteiger partial charge in [-0.1, -0.05) is 13.8 Å². The van der Waals surface area contributed by atoms with E-state index in [9.17, 15) is 9.59 Å². The summed E-state index contributed by atoms with van der Waals surface area (Å²) in [5.41, 5.74) is -2.07. The van der Waals surface area contributed by atoms with Crippen LogP contribution in [0.5, 0.6) is 0 Å². The zero-order valence-corrected chi connectivity index (χ0v) is 9.07. The third-order valence-corrected chi connectivity index (χ3v) is 2.24. The van der Waals surface area contributed by atoms with Crippen molar-refractivity contribution in [2.45, 2.75) is 39.1 Å². The number of ether oxygens (including phenoxy) is 2. The lowest BCUT2D eigenvalue weighted by Gasteiger charge is -2.39. The molecule has 0 aromatic carbocycles. The average molecular weight is 218 g/mol. The molecule has 1 heterocycles. The first kappa shape index (κ1) is 11.9. The summed E-state index contributed by atoms with van der Waals surface area (Å²) >= 11 is 0. The molecule has 6 nitrogen and oxygen atoms in total. The average Bonchev–Trinajstić information content (AvgIpc) is 2.00. The molecule has 0 aromatic heterocycles. The summed E-state index contributed by atoms with van der Waals surface area (Å²) in [5, 5.41) is 8.72. The van der Waals surface area contributed by atoms with E-state index < -0.39 is 29.2 Å². The Kier molecular flexibility index (Phi) is 2.75. The minimum atomic E-state index is -2.07. The first-order valence-electron chi connectivity index (χ1n) is 4.55. The van der Waals surface area contributed by atoms with Crippen molar-refractivity contribution in [1.29, 1.82) is 0 Å². The summed E-state index contributed by atoms with van der Waals surface area (Å²) in [6.07, 6.45) is 0. The molecule has 0 bridgehead atoms. The standard InChI is InChI=1S/C9H14O6/c1-5(2)9(15-12)6(10)13-8(3,4)14-7(9)11/h5,12H,1-4H3. The highest BCUT2D eigenvalue weighted by Gasteiger charge is 2.60. The molecule has 0 spiro atoms. The molecule has 0 aromatic rings. The van der Waals surface area contributed by atoms with Gasteiger partial charge in [0.2, 0.25) is 0 Å². The van der Waals surface area contributed by atoms with Gasteiger partial charge in [-0.05, 0) is 0 Å². The summed E-state index contributed by atoms with van der Waals surface area (Å²) < 4.78 is 9.69. The summed E-state index contributed by atoms with van der Waals surface area (Å²) in [7, 11) is 0. The molecule has 0 saturated carbocycles. The van der Waals surface area contributed by atoms with Crippen LogP contribution in [-0.2, 0) is 24.0 Å². The molecular formula is C9H14O6. The van der Waals surface area contributed by atoms with Gasteiger partial charge in [0.1, 0.15) is 0 Å². The Hall–Kier alpha value is -1.14. The van der Waals surface area contributed by atoms with Crippen LogP contribution in [0.15, 0.2) is 0 Å². The molecular weight excluding hydrogens is 204 g/mol. The maximum atomic E-state index is 11.6. The Bertz CT molecular complexity index is 273. The summed E-state index contributed by atoms with van der Waals surface area (Å²) in [5.74, 6) is -3.81. The molecule has 6 heteroatoms. The predicted octanol–water partition coefficient (Wildman–Crippen LogP) is 0.707. The van der Waals surface area contributed by atoms with Crippen molar-refractivity contribution < 1.29 is 29.2 Å². The highest BCUT2D eigenvalue weighted by atomic mass is 17.1. The van der Waals surface area contributed by atoms with Crippen molar-refractivity contribution in [3.05, 3.63) is 0 Å². The van der Waals surface area contributed by atoms with Gasteiger partial charge in [-0.2, -0.15) is 0 Å². The van der Waals surface area contributed by atoms with Gasteiger partial charge >= 0.3 is 11.9 Å². The third-order valence-electron chi connectivity index (χ3n) is 2.24. The van der Waals surface area contributed by atoms with E-state index in [1.165, 1.54) is 27.7 Å². The minimum absolute atomic E-state index is 0.599. The van der Waals surface area contributed by atoms with Gasteiger partial charge in [-0.3, -0.25) is 5.26 Å².